The van der Waals surface area contributed by atoms with Crippen LogP contribution in [0.1, 0.15) is 11.1 Å². The van der Waals surface area contributed by atoms with Crippen LogP contribution < -0.4 is 10.5 Å². The zero-order chi connectivity index (χ0) is 14.5. The first-order valence-electron chi connectivity index (χ1n) is 5.60. The molecule has 0 radical (unpaired) electrons. The molecule has 2 rings (SSSR count). The molecule has 0 amide bonds. The van der Waals surface area contributed by atoms with Crippen LogP contribution in [0.5, 0.6) is 5.75 Å². The van der Waals surface area contributed by atoms with Gasteiger partial charge in [-0.15, -0.1) is 0 Å². The molecule has 0 unspecified atom stereocenters. The lowest BCUT2D eigenvalue weighted by atomic mass is 10.1. The Kier molecular flexibility index (Phi) is 4.52. The Morgan fingerprint density at radius 3 is 2.95 bits per heavy atom. The summed E-state index contributed by atoms with van der Waals surface area (Å²) < 4.78 is 20.3. The minimum absolute atomic E-state index is 0.0104. The summed E-state index contributed by atoms with van der Waals surface area (Å²) in [7, 11) is 0. The Labute approximate surface area is 123 Å². The summed E-state index contributed by atoms with van der Waals surface area (Å²) in [5.74, 6) is -0.354. The number of hydrogen-bond acceptors (Lipinski definition) is 4. The Morgan fingerprint density at radius 1 is 1.45 bits per heavy atom. The van der Waals surface area contributed by atoms with Crippen molar-refractivity contribution in [2.45, 2.75) is 6.61 Å². The van der Waals surface area contributed by atoms with Crippen molar-refractivity contribution in [2.75, 3.05) is 0 Å². The van der Waals surface area contributed by atoms with Crippen LogP contribution in [0.15, 0.2) is 46.3 Å². The molecule has 5 nitrogen and oxygen atoms in total. The number of hydrogen-bond donors (Lipinski definition) is 2. The SMILES string of the molecule is N/C(=N/O)c1cccc(COc2cncc(Br)c2)c1F. The third-order valence-electron chi connectivity index (χ3n) is 2.54. The molecule has 0 fully saturated rings. The van der Waals surface area contributed by atoms with Gasteiger partial charge in [-0.3, -0.25) is 4.98 Å². The molecule has 1 aromatic heterocycles. The summed E-state index contributed by atoms with van der Waals surface area (Å²) in [5.41, 5.74) is 5.72. The summed E-state index contributed by atoms with van der Waals surface area (Å²) in [6.07, 6.45) is 3.14. The van der Waals surface area contributed by atoms with Gasteiger partial charge < -0.3 is 15.7 Å². The number of nitrogens with zero attached hydrogens (tertiary/aromatic N) is 2. The van der Waals surface area contributed by atoms with Gasteiger partial charge in [0, 0.05) is 16.2 Å². The number of aromatic nitrogens is 1. The normalized spacial score (nSPS) is 11.4. The molecule has 0 atom stereocenters. The van der Waals surface area contributed by atoms with Crippen molar-refractivity contribution in [3.05, 3.63) is 58.1 Å². The molecule has 20 heavy (non-hydrogen) atoms. The molecule has 104 valence electrons. The summed E-state index contributed by atoms with van der Waals surface area (Å²) in [6.45, 7) is 0.0104. The highest BCUT2D eigenvalue weighted by molar-refractivity contribution is 9.10. The van der Waals surface area contributed by atoms with Crippen LogP contribution >= 0.6 is 15.9 Å². The smallest absolute Gasteiger partial charge is 0.173 e. The van der Waals surface area contributed by atoms with Gasteiger partial charge in [0.05, 0.1) is 11.8 Å². The van der Waals surface area contributed by atoms with Crippen LogP contribution in [-0.2, 0) is 6.61 Å². The van der Waals surface area contributed by atoms with Crippen molar-refractivity contribution >= 4 is 21.8 Å². The summed E-state index contributed by atoms with van der Waals surface area (Å²) in [6, 6.07) is 6.32. The van der Waals surface area contributed by atoms with Crippen LogP contribution in [-0.4, -0.2) is 16.0 Å². The van der Waals surface area contributed by atoms with Gasteiger partial charge >= 0.3 is 0 Å². The van der Waals surface area contributed by atoms with Crippen LogP contribution in [0.25, 0.3) is 0 Å². The molecule has 7 heteroatoms. The van der Waals surface area contributed by atoms with E-state index in [-0.39, 0.29) is 18.0 Å². The van der Waals surface area contributed by atoms with Crippen molar-refractivity contribution in [3.63, 3.8) is 0 Å². The van der Waals surface area contributed by atoms with Gasteiger partial charge in [-0.05, 0) is 28.1 Å². The molecular weight excluding hydrogens is 329 g/mol. The zero-order valence-corrected chi connectivity index (χ0v) is 11.8. The third-order valence-corrected chi connectivity index (χ3v) is 2.97. The number of pyridine rings is 1. The Balaban J connectivity index is 2.18. The highest BCUT2D eigenvalue weighted by Crippen LogP contribution is 2.19. The fourth-order valence-electron chi connectivity index (χ4n) is 1.58. The van der Waals surface area contributed by atoms with Gasteiger partial charge in [-0.25, -0.2) is 4.39 Å². The fourth-order valence-corrected chi connectivity index (χ4v) is 1.92. The summed E-state index contributed by atoms with van der Waals surface area (Å²) in [5, 5.41) is 11.4. The highest BCUT2D eigenvalue weighted by atomic mass is 79.9. The van der Waals surface area contributed by atoms with Gasteiger partial charge in [0.1, 0.15) is 18.2 Å². The maximum absolute atomic E-state index is 14.1. The number of halogens is 2. The second-order valence-corrected chi connectivity index (χ2v) is 4.81. The van der Waals surface area contributed by atoms with Crippen LogP contribution in [0.3, 0.4) is 0 Å². The molecule has 0 bridgehead atoms. The Bertz CT molecular complexity index is 649. The first-order valence-corrected chi connectivity index (χ1v) is 6.39. The maximum Gasteiger partial charge on any atom is 0.173 e. The van der Waals surface area contributed by atoms with Crippen molar-refractivity contribution in [1.29, 1.82) is 0 Å². The highest BCUT2D eigenvalue weighted by Gasteiger charge is 2.12. The largest absolute Gasteiger partial charge is 0.487 e. The summed E-state index contributed by atoms with van der Waals surface area (Å²) >= 11 is 3.27. The topological polar surface area (TPSA) is 80.7 Å². The molecule has 3 N–H and O–H groups in total. The van der Waals surface area contributed by atoms with E-state index in [0.717, 1.165) is 4.47 Å². The summed E-state index contributed by atoms with van der Waals surface area (Å²) in [4.78, 5) is 3.94. The second-order valence-electron chi connectivity index (χ2n) is 3.89. The van der Waals surface area contributed by atoms with E-state index in [2.05, 4.69) is 26.1 Å². The lowest BCUT2D eigenvalue weighted by Gasteiger charge is -2.09. The number of ether oxygens (including phenoxy) is 1. The van der Waals surface area contributed by atoms with E-state index in [0.29, 0.717) is 11.3 Å². The lowest BCUT2D eigenvalue weighted by Crippen LogP contribution is -2.16. The standard InChI is InChI=1S/C13H11BrFN3O2/c14-9-4-10(6-17-5-9)20-7-8-2-1-3-11(12(8)15)13(16)18-19/h1-6,19H,7H2,(H2,16,18). The van der Waals surface area contributed by atoms with Gasteiger partial charge in [-0.2, -0.15) is 0 Å². The van der Waals surface area contributed by atoms with Gasteiger partial charge in [0.15, 0.2) is 5.84 Å². The van der Waals surface area contributed by atoms with Crippen molar-refractivity contribution in [2.24, 2.45) is 10.9 Å². The van der Waals surface area contributed by atoms with Crippen molar-refractivity contribution in [3.8, 4) is 5.75 Å². The van der Waals surface area contributed by atoms with E-state index in [9.17, 15) is 4.39 Å². The second kappa shape index (κ2) is 6.33. The van der Waals surface area contributed by atoms with E-state index < -0.39 is 5.82 Å². The van der Waals surface area contributed by atoms with E-state index in [1.807, 2.05) is 0 Å². The first kappa shape index (κ1) is 14.3. The first-order chi connectivity index (χ1) is 9.61. The fraction of sp³-hybridized carbons (Fsp3) is 0.0769. The molecule has 0 saturated heterocycles. The third kappa shape index (κ3) is 3.24. The van der Waals surface area contributed by atoms with Gasteiger partial charge in [0.25, 0.3) is 0 Å². The van der Waals surface area contributed by atoms with Crippen LogP contribution in [0, 0.1) is 5.82 Å². The zero-order valence-electron chi connectivity index (χ0n) is 10.3. The number of benzene rings is 1. The van der Waals surface area contributed by atoms with Crippen LogP contribution in [0.2, 0.25) is 0 Å². The number of rotatable bonds is 4. The van der Waals surface area contributed by atoms with Crippen LogP contribution in [0.4, 0.5) is 4.39 Å². The average Bonchev–Trinajstić information content (AvgIpc) is 2.45. The molecular formula is C13H11BrFN3O2. The monoisotopic (exact) mass is 339 g/mol. The van der Waals surface area contributed by atoms with Gasteiger partial charge in [0.2, 0.25) is 0 Å². The van der Waals surface area contributed by atoms with Crippen molar-refractivity contribution in [1.82, 2.24) is 4.98 Å². The molecule has 0 saturated carbocycles. The molecule has 0 aliphatic rings. The minimum atomic E-state index is -0.578. The predicted octanol–water partition coefficient (Wildman–Crippen LogP) is 2.66. The molecule has 0 aliphatic carbocycles. The molecule has 1 aromatic carbocycles. The molecule has 0 aliphatic heterocycles. The lowest BCUT2D eigenvalue weighted by molar-refractivity contribution is 0.298. The number of nitrogens with two attached hydrogens (primary N) is 1. The van der Waals surface area contributed by atoms with E-state index in [1.165, 1.54) is 12.3 Å². The van der Waals surface area contributed by atoms with Crippen molar-refractivity contribution < 1.29 is 14.3 Å². The number of oxime groups is 1. The quantitative estimate of drug-likeness (QED) is 0.388. The molecule has 0 spiro atoms. The Hall–Kier alpha value is -2.15. The minimum Gasteiger partial charge on any atom is -0.487 e. The number of amidine groups is 1. The Morgan fingerprint density at radius 2 is 2.25 bits per heavy atom. The van der Waals surface area contributed by atoms with E-state index >= 15 is 0 Å². The average molecular weight is 340 g/mol. The van der Waals surface area contributed by atoms with E-state index in [1.54, 1.807) is 24.4 Å². The van der Waals surface area contributed by atoms with E-state index in [4.69, 9.17) is 15.7 Å². The molecule has 1 heterocycles. The maximum atomic E-state index is 14.1. The van der Waals surface area contributed by atoms with Gasteiger partial charge in [-0.1, -0.05) is 17.3 Å². The predicted molar refractivity (Wildman–Crippen MR) is 75.2 cm³/mol. The molecule has 2 aromatic rings.